The van der Waals surface area contributed by atoms with E-state index in [4.69, 9.17) is 0 Å². The standard InChI is InChI=1S/C18H17FN2O3S2/c1-12-2-8-15(9-3-12)26(23,24)21-10-16-18(22,11-21)20-17(25-16)13-4-6-14(19)7-5-13/h2-9,16,22H,10-11H2,1H3. The first-order chi connectivity index (χ1) is 12.3. The summed E-state index contributed by atoms with van der Waals surface area (Å²) in [7, 11) is -3.68. The molecule has 2 atom stereocenters. The summed E-state index contributed by atoms with van der Waals surface area (Å²) in [5.41, 5.74) is 0.226. The number of sulfonamides is 1. The third-order valence-electron chi connectivity index (χ3n) is 4.59. The molecule has 4 rings (SSSR count). The zero-order valence-corrected chi connectivity index (χ0v) is 15.6. The summed E-state index contributed by atoms with van der Waals surface area (Å²) in [5.74, 6) is -0.341. The van der Waals surface area contributed by atoms with E-state index in [1.807, 2.05) is 6.92 Å². The first-order valence-corrected chi connectivity index (χ1v) is 10.4. The SMILES string of the molecule is Cc1ccc(S(=O)(=O)N2CC3SC(c4ccc(F)cc4)=NC3(O)C2)cc1. The normalized spacial score (nSPS) is 26.0. The highest BCUT2D eigenvalue weighted by Crippen LogP contribution is 2.43. The van der Waals surface area contributed by atoms with Gasteiger partial charge in [0.2, 0.25) is 10.0 Å². The van der Waals surface area contributed by atoms with Crippen molar-refractivity contribution in [3.05, 3.63) is 65.5 Å². The molecule has 0 spiro atoms. The van der Waals surface area contributed by atoms with E-state index in [2.05, 4.69) is 4.99 Å². The molecular formula is C18H17FN2O3S2. The van der Waals surface area contributed by atoms with E-state index >= 15 is 0 Å². The van der Waals surface area contributed by atoms with Gasteiger partial charge in [0.1, 0.15) is 10.9 Å². The van der Waals surface area contributed by atoms with Gasteiger partial charge in [-0.2, -0.15) is 4.31 Å². The molecule has 2 aromatic rings. The van der Waals surface area contributed by atoms with Crippen molar-refractivity contribution in [2.45, 2.75) is 22.8 Å². The second-order valence-electron chi connectivity index (χ2n) is 6.52. The van der Waals surface area contributed by atoms with Crippen LogP contribution in [-0.4, -0.2) is 46.9 Å². The van der Waals surface area contributed by atoms with Crippen molar-refractivity contribution in [1.82, 2.24) is 4.31 Å². The average molecular weight is 392 g/mol. The van der Waals surface area contributed by atoms with Gasteiger partial charge >= 0.3 is 0 Å². The molecule has 1 N–H and O–H groups in total. The summed E-state index contributed by atoms with van der Waals surface area (Å²) >= 11 is 1.33. The number of hydrogen-bond donors (Lipinski definition) is 1. The van der Waals surface area contributed by atoms with Crippen LogP contribution in [0.2, 0.25) is 0 Å². The van der Waals surface area contributed by atoms with E-state index in [0.717, 1.165) is 5.56 Å². The van der Waals surface area contributed by atoms with Crippen LogP contribution in [0.15, 0.2) is 58.4 Å². The van der Waals surface area contributed by atoms with Crippen LogP contribution < -0.4 is 0 Å². The summed E-state index contributed by atoms with van der Waals surface area (Å²) in [6, 6.07) is 12.5. The van der Waals surface area contributed by atoms with Crippen molar-refractivity contribution in [2.75, 3.05) is 13.1 Å². The maximum atomic E-state index is 13.1. The minimum atomic E-state index is -3.68. The Bertz CT molecular complexity index is 975. The van der Waals surface area contributed by atoms with Crippen LogP contribution >= 0.6 is 11.8 Å². The molecule has 136 valence electrons. The molecule has 0 amide bonds. The summed E-state index contributed by atoms with van der Waals surface area (Å²) in [6.07, 6.45) is 0. The predicted molar refractivity (Wildman–Crippen MR) is 99.2 cm³/mol. The van der Waals surface area contributed by atoms with Gasteiger partial charge in [-0.1, -0.05) is 29.5 Å². The third kappa shape index (κ3) is 2.96. The molecule has 2 aromatic carbocycles. The van der Waals surface area contributed by atoms with Gasteiger partial charge in [-0.25, -0.2) is 17.8 Å². The fourth-order valence-corrected chi connectivity index (χ4v) is 6.00. The summed E-state index contributed by atoms with van der Waals surface area (Å²) in [6.45, 7) is 1.97. The molecule has 2 unspecified atom stereocenters. The highest BCUT2D eigenvalue weighted by Gasteiger charge is 2.53. The molecule has 2 aliphatic heterocycles. The Labute approximate surface area is 155 Å². The number of halogens is 1. The molecule has 0 saturated carbocycles. The highest BCUT2D eigenvalue weighted by molar-refractivity contribution is 8.15. The lowest BCUT2D eigenvalue weighted by atomic mass is 10.2. The van der Waals surface area contributed by atoms with Crippen molar-refractivity contribution < 1.29 is 17.9 Å². The highest BCUT2D eigenvalue weighted by atomic mass is 32.2. The first-order valence-electron chi connectivity index (χ1n) is 8.10. The molecule has 0 bridgehead atoms. The molecule has 2 heterocycles. The van der Waals surface area contributed by atoms with Crippen molar-refractivity contribution in [3.8, 4) is 0 Å². The zero-order valence-electron chi connectivity index (χ0n) is 14.0. The van der Waals surface area contributed by atoms with E-state index in [1.165, 1.54) is 28.2 Å². The number of fused-ring (bicyclic) bond motifs is 1. The van der Waals surface area contributed by atoms with Crippen LogP contribution in [0.5, 0.6) is 0 Å². The molecule has 0 aliphatic carbocycles. The van der Waals surface area contributed by atoms with Gasteiger partial charge in [0.05, 0.1) is 16.7 Å². The summed E-state index contributed by atoms with van der Waals surface area (Å²) < 4.78 is 40.0. The Kier molecular flexibility index (Phi) is 4.18. The van der Waals surface area contributed by atoms with Gasteiger partial charge in [0, 0.05) is 12.1 Å². The number of benzene rings is 2. The quantitative estimate of drug-likeness (QED) is 0.871. The van der Waals surface area contributed by atoms with E-state index in [1.54, 1.807) is 36.4 Å². The lowest BCUT2D eigenvalue weighted by Gasteiger charge is -2.19. The number of rotatable bonds is 3. The fourth-order valence-electron chi connectivity index (χ4n) is 3.10. The van der Waals surface area contributed by atoms with Gasteiger partial charge in [-0.15, -0.1) is 0 Å². The van der Waals surface area contributed by atoms with E-state index in [0.29, 0.717) is 10.6 Å². The zero-order chi connectivity index (χ0) is 18.5. The largest absolute Gasteiger partial charge is 0.367 e. The number of thioether (sulfide) groups is 1. The summed E-state index contributed by atoms with van der Waals surface area (Å²) in [4.78, 5) is 4.57. The molecule has 1 fully saturated rings. The second-order valence-corrected chi connectivity index (χ2v) is 9.65. The van der Waals surface area contributed by atoms with Crippen molar-refractivity contribution in [3.63, 3.8) is 0 Å². The van der Waals surface area contributed by atoms with Crippen LogP contribution in [0.3, 0.4) is 0 Å². The molecule has 8 heteroatoms. The van der Waals surface area contributed by atoms with Crippen molar-refractivity contribution >= 4 is 26.8 Å². The van der Waals surface area contributed by atoms with E-state index < -0.39 is 15.7 Å². The average Bonchev–Trinajstić information content (AvgIpc) is 3.08. The van der Waals surface area contributed by atoms with Gasteiger partial charge < -0.3 is 5.11 Å². The maximum absolute atomic E-state index is 13.1. The van der Waals surface area contributed by atoms with Gasteiger partial charge in [0.25, 0.3) is 0 Å². The van der Waals surface area contributed by atoms with Crippen LogP contribution in [-0.2, 0) is 10.0 Å². The topological polar surface area (TPSA) is 70.0 Å². The minimum absolute atomic E-state index is 0.0917. The fraction of sp³-hybridized carbons (Fsp3) is 0.278. The van der Waals surface area contributed by atoms with Crippen LogP contribution in [0, 0.1) is 12.7 Å². The predicted octanol–water partition coefficient (Wildman–Crippen LogP) is 2.39. The maximum Gasteiger partial charge on any atom is 0.243 e. The number of aliphatic hydroxyl groups is 1. The van der Waals surface area contributed by atoms with Crippen LogP contribution in [0.1, 0.15) is 11.1 Å². The van der Waals surface area contributed by atoms with E-state index in [-0.39, 0.29) is 29.1 Å². The molecule has 0 aromatic heterocycles. The van der Waals surface area contributed by atoms with Gasteiger partial charge in [-0.05, 0) is 43.3 Å². The van der Waals surface area contributed by atoms with Gasteiger partial charge in [-0.3, -0.25) is 0 Å². The monoisotopic (exact) mass is 392 g/mol. The number of aliphatic imine (C=N–C) groups is 1. The smallest absolute Gasteiger partial charge is 0.243 e. The Morgan fingerprint density at radius 1 is 1.19 bits per heavy atom. The lowest BCUT2D eigenvalue weighted by molar-refractivity contribution is 0.0734. The first kappa shape index (κ1) is 17.7. The Hall–Kier alpha value is -1.74. The molecule has 0 radical (unpaired) electrons. The summed E-state index contributed by atoms with van der Waals surface area (Å²) in [5, 5.41) is 11.1. The van der Waals surface area contributed by atoms with E-state index in [9.17, 15) is 17.9 Å². The van der Waals surface area contributed by atoms with Gasteiger partial charge in [0.15, 0.2) is 5.72 Å². The number of nitrogens with zero attached hydrogens (tertiary/aromatic N) is 2. The lowest BCUT2D eigenvalue weighted by Crippen LogP contribution is -2.36. The Morgan fingerprint density at radius 2 is 1.85 bits per heavy atom. The molecule has 2 aliphatic rings. The number of β-amino-alcohol motifs (C(OH)–C–C–N with tert-alkyl or cyclic N) is 1. The molecular weight excluding hydrogens is 375 g/mol. The molecule has 26 heavy (non-hydrogen) atoms. The number of aryl methyl sites for hydroxylation is 1. The Morgan fingerprint density at radius 3 is 2.46 bits per heavy atom. The molecule has 1 saturated heterocycles. The molecule has 5 nitrogen and oxygen atoms in total. The van der Waals surface area contributed by atoms with Crippen LogP contribution in [0.4, 0.5) is 4.39 Å². The van der Waals surface area contributed by atoms with Crippen LogP contribution in [0.25, 0.3) is 0 Å². The second kappa shape index (κ2) is 6.16. The Balaban J connectivity index is 1.59. The van der Waals surface area contributed by atoms with Crippen molar-refractivity contribution in [1.29, 1.82) is 0 Å². The minimum Gasteiger partial charge on any atom is -0.367 e. The third-order valence-corrected chi connectivity index (χ3v) is 7.78. The van der Waals surface area contributed by atoms with Crippen molar-refractivity contribution in [2.24, 2.45) is 4.99 Å². The number of hydrogen-bond acceptors (Lipinski definition) is 5.